The molecule has 1 aliphatic heterocycles. The van der Waals surface area contributed by atoms with Crippen LogP contribution in [0.4, 0.5) is 0 Å². The Morgan fingerprint density at radius 2 is 2.00 bits per heavy atom. The summed E-state index contributed by atoms with van der Waals surface area (Å²) < 4.78 is 5.10. The molecule has 1 heterocycles. The van der Waals surface area contributed by atoms with E-state index in [4.69, 9.17) is 4.74 Å². The number of nitrogens with zero attached hydrogens (tertiary/aromatic N) is 1. The van der Waals surface area contributed by atoms with Crippen molar-refractivity contribution in [3.05, 3.63) is 35.4 Å². The lowest BCUT2D eigenvalue weighted by atomic mass is 10.1. The van der Waals surface area contributed by atoms with E-state index in [1.54, 1.807) is 7.11 Å². The summed E-state index contributed by atoms with van der Waals surface area (Å²) in [4.78, 5) is 2.37. The molecule has 1 aliphatic rings. The van der Waals surface area contributed by atoms with E-state index in [0.717, 1.165) is 6.54 Å². The van der Waals surface area contributed by atoms with Crippen molar-refractivity contribution in [2.24, 2.45) is 0 Å². The number of nitrogens with one attached hydrogen (secondary N) is 1. The molecule has 2 rings (SSSR count). The SMILES string of the molecule is COCc1ccc(CNC2CCN(C)C2)cc1. The maximum atomic E-state index is 5.10. The summed E-state index contributed by atoms with van der Waals surface area (Å²) in [7, 11) is 3.91. The van der Waals surface area contributed by atoms with Gasteiger partial charge >= 0.3 is 0 Å². The first kappa shape index (κ1) is 12.6. The quantitative estimate of drug-likeness (QED) is 0.838. The van der Waals surface area contributed by atoms with Gasteiger partial charge in [-0.2, -0.15) is 0 Å². The van der Waals surface area contributed by atoms with E-state index in [1.165, 1.54) is 30.6 Å². The number of likely N-dealkylation sites (N-methyl/N-ethyl adjacent to an activating group) is 1. The van der Waals surface area contributed by atoms with E-state index in [0.29, 0.717) is 12.6 Å². The van der Waals surface area contributed by atoms with Gasteiger partial charge in [0.2, 0.25) is 0 Å². The van der Waals surface area contributed by atoms with Gasteiger partial charge in [-0.05, 0) is 31.1 Å². The lowest BCUT2D eigenvalue weighted by Gasteiger charge is -2.13. The van der Waals surface area contributed by atoms with Crippen molar-refractivity contribution in [2.45, 2.75) is 25.6 Å². The highest BCUT2D eigenvalue weighted by Gasteiger charge is 2.18. The first-order chi connectivity index (χ1) is 8.28. The third-order valence-electron chi connectivity index (χ3n) is 3.32. The van der Waals surface area contributed by atoms with Gasteiger partial charge < -0.3 is 15.0 Å². The second-order valence-electron chi connectivity index (χ2n) is 4.88. The lowest BCUT2D eigenvalue weighted by molar-refractivity contribution is 0.185. The van der Waals surface area contributed by atoms with Crippen LogP contribution in [-0.4, -0.2) is 38.2 Å². The molecule has 1 N–H and O–H groups in total. The van der Waals surface area contributed by atoms with Gasteiger partial charge in [-0.25, -0.2) is 0 Å². The molecular weight excluding hydrogens is 212 g/mol. The molecule has 0 bridgehead atoms. The molecule has 0 aliphatic carbocycles. The van der Waals surface area contributed by atoms with Crippen LogP contribution in [0, 0.1) is 0 Å². The first-order valence-corrected chi connectivity index (χ1v) is 6.26. The van der Waals surface area contributed by atoms with Gasteiger partial charge in [-0.3, -0.25) is 0 Å². The largest absolute Gasteiger partial charge is 0.380 e. The molecule has 3 heteroatoms. The summed E-state index contributed by atoms with van der Waals surface area (Å²) in [6.45, 7) is 4.04. The van der Waals surface area contributed by atoms with Gasteiger partial charge in [0, 0.05) is 26.2 Å². The Labute approximate surface area is 104 Å². The fourth-order valence-electron chi connectivity index (χ4n) is 2.28. The topological polar surface area (TPSA) is 24.5 Å². The number of rotatable bonds is 5. The zero-order valence-corrected chi connectivity index (χ0v) is 10.8. The van der Waals surface area contributed by atoms with E-state index < -0.39 is 0 Å². The minimum atomic E-state index is 0.652. The van der Waals surface area contributed by atoms with Crippen LogP contribution in [-0.2, 0) is 17.9 Å². The Morgan fingerprint density at radius 1 is 1.29 bits per heavy atom. The average Bonchev–Trinajstić information content (AvgIpc) is 2.75. The highest BCUT2D eigenvalue weighted by Crippen LogP contribution is 2.09. The molecule has 1 saturated heterocycles. The Morgan fingerprint density at radius 3 is 2.59 bits per heavy atom. The molecular formula is C14H22N2O. The number of hydrogen-bond acceptors (Lipinski definition) is 3. The first-order valence-electron chi connectivity index (χ1n) is 6.26. The number of ether oxygens (including phenoxy) is 1. The molecule has 0 spiro atoms. The zero-order valence-electron chi connectivity index (χ0n) is 10.8. The van der Waals surface area contributed by atoms with Crippen LogP contribution in [0.3, 0.4) is 0 Å². The van der Waals surface area contributed by atoms with Crippen LogP contribution < -0.4 is 5.32 Å². The van der Waals surface area contributed by atoms with Gasteiger partial charge in [0.15, 0.2) is 0 Å². The van der Waals surface area contributed by atoms with Gasteiger partial charge in [0.1, 0.15) is 0 Å². The predicted molar refractivity (Wildman–Crippen MR) is 69.9 cm³/mol. The standard InChI is InChI=1S/C14H22N2O/c1-16-8-7-14(10-16)15-9-12-3-5-13(6-4-12)11-17-2/h3-6,14-15H,7-11H2,1-2H3. The third-order valence-corrected chi connectivity index (χ3v) is 3.32. The average molecular weight is 234 g/mol. The number of hydrogen-bond donors (Lipinski definition) is 1. The van der Waals surface area contributed by atoms with Crippen molar-refractivity contribution >= 4 is 0 Å². The van der Waals surface area contributed by atoms with E-state index in [1.807, 2.05) is 0 Å². The van der Waals surface area contributed by atoms with Crippen LogP contribution in [0.25, 0.3) is 0 Å². The van der Waals surface area contributed by atoms with Crippen LogP contribution in [0.1, 0.15) is 17.5 Å². The number of benzene rings is 1. The zero-order chi connectivity index (χ0) is 12.1. The summed E-state index contributed by atoms with van der Waals surface area (Å²) in [6.07, 6.45) is 1.26. The van der Waals surface area contributed by atoms with Crippen molar-refractivity contribution in [3.63, 3.8) is 0 Å². The monoisotopic (exact) mass is 234 g/mol. The summed E-state index contributed by atoms with van der Waals surface area (Å²) in [5, 5.41) is 3.61. The maximum Gasteiger partial charge on any atom is 0.0713 e. The van der Waals surface area contributed by atoms with E-state index in [-0.39, 0.29) is 0 Å². The van der Waals surface area contributed by atoms with Gasteiger partial charge in [0.05, 0.1) is 6.61 Å². The van der Waals surface area contributed by atoms with Crippen LogP contribution >= 0.6 is 0 Å². The molecule has 0 radical (unpaired) electrons. The fourth-order valence-corrected chi connectivity index (χ4v) is 2.28. The molecule has 0 saturated carbocycles. The van der Waals surface area contributed by atoms with Crippen molar-refractivity contribution in [1.82, 2.24) is 10.2 Å². The van der Waals surface area contributed by atoms with Crippen molar-refractivity contribution in [2.75, 3.05) is 27.2 Å². The molecule has 1 aromatic rings. The Kier molecular flexibility index (Phi) is 4.54. The van der Waals surface area contributed by atoms with E-state index in [9.17, 15) is 0 Å². The highest BCUT2D eigenvalue weighted by atomic mass is 16.5. The second kappa shape index (κ2) is 6.15. The normalized spacial score (nSPS) is 20.9. The molecule has 1 atom stereocenters. The molecule has 1 aromatic carbocycles. The highest BCUT2D eigenvalue weighted by molar-refractivity contribution is 5.22. The van der Waals surface area contributed by atoms with Gasteiger partial charge in [-0.15, -0.1) is 0 Å². The van der Waals surface area contributed by atoms with Gasteiger partial charge in [-0.1, -0.05) is 24.3 Å². The van der Waals surface area contributed by atoms with Crippen LogP contribution in [0.2, 0.25) is 0 Å². The Bertz CT molecular complexity index is 337. The lowest BCUT2D eigenvalue weighted by Crippen LogP contribution is -2.30. The summed E-state index contributed by atoms with van der Waals surface area (Å²) >= 11 is 0. The Balaban J connectivity index is 1.78. The van der Waals surface area contributed by atoms with Crippen molar-refractivity contribution < 1.29 is 4.74 Å². The molecule has 3 nitrogen and oxygen atoms in total. The summed E-state index contributed by atoms with van der Waals surface area (Å²) in [5.41, 5.74) is 2.58. The van der Waals surface area contributed by atoms with E-state index in [2.05, 4.69) is 41.5 Å². The second-order valence-corrected chi connectivity index (χ2v) is 4.88. The summed E-state index contributed by atoms with van der Waals surface area (Å²) in [5.74, 6) is 0. The minimum Gasteiger partial charge on any atom is -0.380 e. The van der Waals surface area contributed by atoms with Crippen molar-refractivity contribution in [3.8, 4) is 0 Å². The maximum absolute atomic E-state index is 5.10. The fraction of sp³-hybridized carbons (Fsp3) is 0.571. The van der Waals surface area contributed by atoms with Gasteiger partial charge in [0.25, 0.3) is 0 Å². The Hall–Kier alpha value is -0.900. The molecule has 0 amide bonds. The summed E-state index contributed by atoms with van der Waals surface area (Å²) in [6, 6.07) is 9.29. The third kappa shape index (κ3) is 3.80. The number of likely N-dealkylation sites (tertiary alicyclic amines) is 1. The van der Waals surface area contributed by atoms with E-state index >= 15 is 0 Å². The molecule has 1 fully saturated rings. The molecule has 1 unspecified atom stereocenters. The molecule has 94 valence electrons. The number of methoxy groups -OCH3 is 1. The predicted octanol–water partition coefficient (Wildman–Crippen LogP) is 1.63. The van der Waals surface area contributed by atoms with Crippen LogP contribution in [0.5, 0.6) is 0 Å². The van der Waals surface area contributed by atoms with Crippen LogP contribution in [0.15, 0.2) is 24.3 Å². The molecule has 0 aromatic heterocycles. The molecule has 17 heavy (non-hydrogen) atoms. The van der Waals surface area contributed by atoms with Crippen molar-refractivity contribution in [1.29, 1.82) is 0 Å². The smallest absolute Gasteiger partial charge is 0.0713 e. The minimum absolute atomic E-state index is 0.652.